The van der Waals surface area contributed by atoms with Crippen LogP contribution in [-0.2, 0) is 10.2 Å². The minimum atomic E-state index is -0.627. The SMILES string of the molecule is CN(N)C(=O)C(C)(C)c1cccnc1. The number of carbonyl (C=O) groups is 1. The Bertz CT molecular complexity index is 319. The number of nitrogens with zero attached hydrogens (tertiary/aromatic N) is 2. The van der Waals surface area contributed by atoms with E-state index in [1.807, 2.05) is 19.9 Å². The third-order valence-corrected chi connectivity index (χ3v) is 2.24. The number of pyridine rings is 1. The van der Waals surface area contributed by atoms with Gasteiger partial charge in [-0.15, -0.1) is 0 Å². The minimum absolute atomic E-state index is 0.134. The van der Waals surface area contributed by atoms with Gasteiger partial charge in [-0.3, -0.25) is 14.8 Å². The summed E-state index contributed by atoms with van der Waals surface area (Å²) in [5.41, 5.74) is 0.236. The number of hydrogen-bond acceptors (Lipinski definition) is 3. The lowest BCUT2D eigenvalue weighted by Crippen LogP contribution is -2.44. The average molecular weight is 193 g/mol. The van der Waals surface area contributed by atoms with Crippen LogP contribution in [0.1, 0.15) is 19.4 Å². The number of likely N-dealkylation sites (N-methyl/N-ethyl adjacent to an activating group) is 1. The fourth-order valence-corrected chi connectivity index (χ4v) is 1.30. The molecule has 0 spiro atoms. The summed E-state index contributed by atoms with van der Waals surface area (Å²) in [4.78, 5) is 15.7. The molecule has 0 atom stereocenters. The van der Waals surface area contributed by atoms with Crippen molar-refractivity contribution in [3.63, 3.8) is 0 Å². The second-order valence-corrected chi connectivity index (χ2v) is 3.78. The fraction of sp³-hybridized carbons (Fsp3) is 0.400. The summed E-state index contributed by atoms with van der Waals surface area (Å²) in [6.45, 7) is 3.66. The van der Waals surface area contributed by atoms with E-state index in [0.29, 0.717) is 0 Å². The van der Waals surface area contributed by atoms with Crippen LogP contribution in [0, 0.1) is 0 Å². The Morgan fingerprint density at radius 2 is 2.21 bits per heavy atom. The third kappa shape index (κ3) is 1.90. The number of rotatable bonds is 2. The Morgan fingerprint density at radius 3 is 2.64 bits per heavy atom. The second kappa shape index (κ2) is 3.75. The molecule has 0 aliphatic heterocycles. The first-order valence-electron chi connectivity index (χ1n) is 4.39. The molecule has 4 heteroatoms. The van der Waals surface area contributed by atoms with Crippen molar-refractivity contribution >= 4 is 5.91 Å². The van der Waals surface area contributed by atoms with Crippen molar-refractivity contribution in [2.45, 2.75) is 19.3 Å². The third-order valence-electron chi connectivity index (χ3n) is 2.24. The van der Waals surface area contributed by atoms with Crippen LogP contribution in [-0.4, -0.2) is 22.9 Å². The highest BCUT2D eigenvalue weighted by atomic mass is 16.2. The van der Waals surface area contributed by atoms with Gasteiger partial charge in [-0.25, -0.2) is 5.84 Å². The minimum Gasteiger partial charge on any atom is -0.283 e. The number of amides is 1. The summed E-state index contributed by atoms with van der Waals surface area (Å²) in [5, 5.41) is 1.10. The molecule has 0 saturated heterocycles. The predicted octanol–water partition coefficient (Wildman–Crippen LogP) is 0.691. The highest BCUT2D eigenvalue weighted by molar-refractivity contribution is 5.86. The van der Waals surface area contributed by atoms with Gasteiger partial charge in [-0.05, 0) is 25.5 Å². The van der Waals surface area contributed by atoms with Gasteiger partial charge in [0.1, 0.15) is 0 Å². The van der Waals surface area contributed by atoms with E-state index in [9.17, 15) is 4.79 Å². The summed E-state index contributed by atoms with van der Waals surface area (Å²) < 4.78 is 0. The molecule has 1 heterocycles. The Hall–Kier alpha value is -1.42. The Morgan fingerprint density at radius 1 is 1.57 bits per heavy atom. The summed E-state index contributed by atoms with van der Waals surface area (Å²) >= 11 is 0. The van der Waals surface area contributed by atoms with Gasteiger partial charge in [-0.1, -0.05) is 6.07 Å². The lowest BCUT2D eigenvalue weighted by Gasteiger charge is -2.26. The molecule has 14 heavy (non-hydrogen) atoms. The number of hydrazine groups is 1. The molecule has 0 unspecified atom stereocenters. The zero-order valence-electron chi connectivity index (χ0n) is 8.69. The molecule has 4 nitrogen and oxygen atoms in total. The van der Waals surface area contributed by atoms with Gasteiger partial charge in [0.2, 0.25) is 5.91 Å². The maximum Gasteiger partial charge on any atom is 0.246 e. The standard InChI is InChI=1S/C10H15N3O/c1-10(2,9(14)13(3)11)8-5-4-6-12-7-8/h4-7H,11H2,1-3H3. The summed E-state index contributed by atoms with van der Waals surface area (Å²) in [6, 6.07) is 3.68. The molecule has 76 valence electrons. The normalized spacial score (nSPS) is 11.1. The zero-order chi connectivity index (χ0) is 10.8. The van der Waals surface area contributed by atoms with Crippen LogP contribution in [0.3, 0.4) is 0 Å². The van der Waals surface area contributed by atoms with Crippen LogP contribution < -0.4 is 5.84 Å². The zero-order valence-corrected chi connectivity index (χ0v) is 8.69. The van der Waals surface area contributed by atoms with Crippen molar-refractivity contribution in [1.82, 2.24) is 9.99 Å². The van der Waals surface area contributed by atoms with Gasteiger partial charge in [0.05, 0.1) is 5.41 Å². The number of carbonyl (C=O) groups excluding carboxylic acids is 1. The van der Waals surface area contributed by atoms with Crippen molar-refractivity contribution in [2.24, 2.45) is 5.84 Å². The van der Waals surface area contributed by atoms with Gasteiger partial charge in [0.25, 0.3) is 0 Å². The van der Waals surface area contributed by atoms with E-state index in [0.717, 1.165) is 10.6 Å². The van der Waals surface area contributed by atoms with Crippen LogP contribution in [0.2, 0.25) is 0 Å². The Kier molecular flexibility index (Phi) is 2.86. The molecule has 0 radical (unpaired) electrons. The monoisotopic (exact) mass is 193 g/mol. The van der Waals surface area contributed by atoms with Gasteiger partial charge >= 0.3 is 0 Å². The van der Waals surface area contributed by atoms with Crippen LogP contribution in [0.5, 0.6) is 0 Å². The van der Waals surface area contributed by atoms with E-state index in [4.69, 9.17) is 5.84 Å². The van der Waals surface area contributed by atoms with Gasteiger partial charge in [-0.2, -0.15) is 0 Å². The fourth-order valence-electron chi connectivity index (χ4n) is 1.30. The smallest absolute Gasteiger partial charge is 0.246 e. The summed E-state index contributed by atoms with van der Waals surface area (Å²) in [7, 11) is 1.54. The van der Waals surface area contributed by atoms with E-state index in [2.05, 4.69) is 4.98 Å². The van der Waals surface area contributed by atoms with E-state index < -0.39 is 5.41 Å². The number of hydrogen-bond donors (Lipinski definition) is 1. The van der Waals surface area contributed by atoms with Crippen molar-refractivity contribution in [2.75, 3.05) is 7.05 Å². The highest BCUT2D eigenvalue weighted by Gasteiger charge is 2.31. The summed E-state index contributed by atoms with van der Waals surface area (Å²) in [6.07, 6.45) is 3.36. The topological polar surface area (TPSA) is 59.2 Å². The van der Waals surface area contributed by atoms with Crippen LogP contribution in [0.15, 0.2) is 24.5 Å². The summed E-state index contributed by atoms with van der Waals surface area (Å²) in [5.74, 6) is 5.29. The molecular weight excluding hydrogens is 178 g/mol. The molecule has 0 aliphatic rings. The van der Waals surface area contributed by atoms with Crippen molar-refractivity contribution in [3.8, 4) is 0 Å². The van der Waals surface area contributed by atoms with Crippen LogP contribution in [0.25, 0.3) is 0 Å². The highest BCUT2D eigenvalue weighted by Crippen LogP contribution is 2.23. The van der Waals surface area contributed by atoms with Gasteiger partial charge in [0.15, 0.2) is 0 Å². The van der Waals surface area contributed by atoms with Crippen molar-refractivity contribution in [3.05, 3.63) is 30.1 Å². The first kappa shape index (κ1) is 10.7. The maximum absolute atomic E-state index is 11.7. The molecule has 0 aromatic carbocycles. The lowest BCUT2D eigenvalue weighted by atomic mass is 9.84. The predicted molar refractivity (Wildman–Crippen MR) is 54.2 cm³/mol. The molecule has 1 amide bonds. The quantitative estimate of drug-likeness (QED) is 0.427. The van der Waals surface area contributed by atoms with E-state index in [-0.39, 0.29) is 5.91 Å². The Labute approximate surface area is 83.7 Å². The number of aromatic nitrogens is 1. The largest absolute Gasteiger partial charge is 0.283 e. The molecule has 0 fully saturated rings. The van der Waals surface area contributed by atoms with E-state index in [1.165, 1.54) is 0 Å². The first-order chi connectivity index (χ1) is 6.46. The molecule has 0 saturated carbocycles. The van der Waals surface area contributed by atoms with Gasteiger partial charge in [0, 0.05) is 19.4 Å². The molecule has 0 aliphatic carbocycles. The first-order valence-corrected chi connectivity index (χ1v) is 4.39. The Balaban J connectivity index is 3.02. The molecule has 1 aromatic rings. The van der Waals surface area contributed by atoms with Gasteiger partial charge < -0.3 is 0 Å². The molecule has 1 aromatic heterocycles. The van der Waals surface area contributed by atoms with Crippen molar-refractivity contribution < 1.29 is 4.79 Å². The maximum atomic E-state index is 11.7. The lowest BCUT2D eigenvalue weighted by molar-refractivity contribution is -0.135. The number of nitrogens with two attached hydrogens (primary N) is 1. The second-order valence-electron chi connectivity index (χ2n) is 3.78. The molecule has 2 N–H and O–H groups in total. The van der Waals surface area contributed by atoms with E-state index >= 15 is 0 Å². The van der Waals surface area contributed by atoms with Crippen LogP contribution >= 0.6 is 0 Å². The molecule has 1 rings (SSSR count). The van der Waals surface area contributed by atoms with Crippen LogP contribution in [0.4, 0.5) is 0 Å². The van der Waals surface area contributed by atoms with E-state index in [1.54, 1.807) is 25.5 Å². The average Bonchev–Trinajstić information content (AvgIpc) is 2.18. The molecular formula is C10H15N3O. The van der Waals surface area contributed by atoms with Crippen molar-refractivity contribution in [1.29, 1.82) is 0 Å². The molecule has 0 bridgehead atoms.